The van der Waals surface area contributed by atoms with E-state index in [1.165, 1.54) is 71.8 Å². The van der Waals surface area contributed by atoms with Gasteiger partial charge in [-0.1, -0.05) is 59.6 Å². The van der Waals surface area contributed by atoms with Crippen molar-refractivity contribution in [1.82, 2.24) is 4.90 Å². The Morgan fingerprint density at radius 1 is 0.646 bits per heavy atom. The van der Waals surface area contributed by atoms with E-state index in [9.17, 15) is 16.8 Å². The van der Waals surface area contributed by atoms with Gasteiger partial charge in [0.2, 0.25) is 0 Å². The minimum atomic E-state index is -4.57. The number of fused-ring (bicyclic) bond motifs is 1. The Bertz CT molecular complexity index is 2070. The quantitative estimate of drug-likeness (QED) is 0.145. The summed E-state index contributed by atoms with van der Waals surface area (Å²) in [5.41, 5.74) is 5.29. The summed E-state index contributed by atoms with van der Waals surface area (Å²) in [6.45, 7) is 2.49. The number of halogens is 2. The number of sulfonamides is 2. The average Bonchev–Trinajstić information content (AvgIpc) is 3.08. The van der Waals surface area contributed by atoms with Gasteiger partial charge in [-0.15, -0.1) is 0 Å². The summed E-state index contributed by atoms with van der Waals surface area (Å²) in [6, 6.07) is 29.3. The predicted molar refractivity (Wildman–Crippen MR) is 189 cm³/mol. The predicted octanol–water partition coefficient (Wildman–Crippen LogP) is 7.82. The number of hydrogen-bond acceptors (Lipinski definition) is 7. The van der Waals surface area contributed by atoms with E-state index in [2.05, 4.69) is 29.2 Å². The Morgan fingerprint density at radius 3 is 1.58 bits per heavy atom. The minimum absolute atomic E-state index is 0.0418. The summed E-state index contributed by atoms with van der Waals surface area (Å²) in [5, 5.41) is 0.638. The summed E-state index contributed by atoms with van der Waals surface area (Å²) >= 11 is 12.0. The number of hydrogen-bond donors (Lipinski definition) is 0. The highest BCUT2D eigenvalue weighted by Gasteiger charge is 2.37. The topological polar surface area (TPSA) is 93.2 Å². The second-order valence-corrected chi connectivity index (χ2v) is 16.0. The molecule has 0 amide bonds. The van der Waals surface area contributed by atoms with E-state index in [4.69, 9.17) is 32.7 Å². The molecule has 0 radical (unpaired) electrons. The van der Waals surface area contributed by atoms with E-state index < -0.39 is 20.0 Å². The second kappa shape index (κ2) is 13.8. The maximum Gasteiger partial charge on any atom is 0.277 e. The molecule has 0 N–H and O–H groups in total. The average molecular weight is 724 g/mol. The third-order valence-corrected chi connectivity index (χ3v) is 12.9. The molecule has 6 rings (SSSR count). The van der Waals surface area contributed by atoms with E-state index in [1.807, 2.05) is 12.1 Å². The van der Waals surface area contributed by atoms with Crippen LogP contribution in [0.5, 0.6) is 11.5 Å². The first-order valence-electron chi connectivity index (χ1n) is 15.0. The molecule has 0 aliphatic carbocycles. The fourth-order valence-electron chi connectivity index (χ4n) is 5.72. The lowest BCUT2D eigenvalue weighted by Gasteiger charge is -2.29. The lowest BCUT2D eigenvalue weighted by Crippen LogP contribution is -2.37. The normalized spacial score (nSPS) is 13.5. The molecule has 5 aromatic rings. The Morgan fingerprint density at radius 2 is 1.10 bits per heavy atom. The molecule has 0 unspecified atom stereocenters. The molecule has 12 heteroatoms. The van der Waals surface area contributed by atoms with Crippen LogP contribution < -0.4 is 13.2 Å². The molecule has 0 saturated carbocycles. The lowest BCUT2D eigenvalue weighted by molar-refractivity contribution is 0.244. The number of anilines is 1. The van der Waals surface area contributed by atoms with Gasteiger partial charge in [0.1, 0.15) is 0 Å². The van der Waals surface area contributed by atoms with Crippen LogP contribution in [-0.4, -0.2) is 42.5 Å². The Hall–Kier alpha value is -4.06. The van der Waals surface area contributed by atoms with E-state index in [0.29, 0.717) is 13.8 Å². The van der Waals surface area contributed by atoms with Gasteiger partial charge >= 0.3 is 0 Å². The van der Waals surface area contributed by atoms with E-state index in [1.54, 1.807) is 26.4 Å². The molecule has 248 valence electrons. The van der Waals surface area contributed by atoms with Gasteiger partial charge in [0.15, 0.2) is 11.5 Å². The molecule has 1 aliphatic rings. The minimum Gasteiger partial charge on any atom is -0.493 e. The van der Waals surface area contributed by atoms with Gasteiger partial charge in [-0.2, -0.15) is 3.71 Å². The Kier molecular flexibility index (Phi) is 9.74. The highest BCUT2D eigenvalue weighted by atomic mass is 35.5. The van der Waals surface area contributed by atoms with Crippen molar-refractivity contribution in [3.8, 4) is 22.6 Å². The number of nitrogens with zero attached hydrogens (tertiary/aromatic N) is 2. The van der Waals surface area contributed by atoms with E-state index in [0.717, 1.165) is 54.2 Å². The number of ether oxygens (including phenoxy) is 2. The first-order chi connectivity index (χ1) is 23.0. The molecule has 0 aromatic heterocycles. The van der Waals surface area contributed by atoms with Crippen LogP contribution in [0.1, 0.15) is 16.7 Å². The third kappa shape index (κ3) is 6.90. The zero-order valence-electron chi connectivity index (χ0n) is 26.1. The van der Waals surface area contributed by atoms with Crippen LogP contribution in [0, 0.1) is 0 Å². The first kappa shape index (κ1) is 33.8. The molecule has 1 aliphatic heterocycles. The van der Waals surface area contributed by atoms with Crippen molar-refractivity contribution in [3.63, 3.8) is 0 Å². The van der Waals surface area contributed by atoms with Crippen LogP contribution in [0.4, 0.5) is 5.69 Å². The monoisotopic (exact) mass is 722 g/mol. The van der Waals surface area contributed by atoms with Crippen molar-refractivity contribution >= 4 is 48.9 Å². The number of benzene rings is 5. The summed E-state index contributed by atoms with van der Waals surface area (Å²) in [4.78, 5) is 1.94. The summed E-state index contributed by atoms with van der Waals surface area (Å²) in [7, 11) is -5.86. The van der Waals surface area contributed by atoms with Crippen molar-refractivity contribution < 1.29 is 26.3 Å². The highest BCUT2D eigenvalue weighted by Crippen LogP contribution is 2.35. The van der Waals surface area contributed by atoms with Crippen LogP contribution in [0.2, 0.25) is 10.0 Å². The molecular weight excluding hydrogens is 691 g/mol. The fraction of sp³-hybridized carbons (Fsp3) is 0.167. The fourth-order valence-corrected chi connectivity index (χ4v) is 9.67. The van der Waals surface area contributed by atoms with Crippen molar-refractivity contribution in [2.75, 3.05) is 24.5 Å². The van der Waals surface area contributed by atoms with Crippen molar-refractivity contribution in [3.05, 3.63) is 136 Å². The maximum absolute atomic E-state index is 13.9. The van der Waals surface area contributed by atoms with E-state index >= 15 is 0 Å². The van der Waals surface area contributed by atoms with Gasteiger partial charge in [-0.25, -0.2) is 16.8 Å². The zero-order chi connectivity index (χ0) is 34.1. The van der Waals surface area contributed by atoms with Gasteiger partial charge in [0, 0.05) is 29.7 Å². The smallest absolute Gasteiger partial charge is 0.277 e. The number of rotatable bonds is 10. The molecule has 0 atom stereocenters. The van der Waals surface area contributed by atoms with E-state index in [-0.39, 0.29) is 15.5 Å². The molecule has 48 heavy (non-hydrogen) atoms. The molecule has 0 saturated heterocycles. The molecule has 0 fully saturated rings. The Labute approximate surface area is 291 Å². The summed E-state index contributed by atoms with van der Waals surface area (Å²) in [5.74, 6) is 1.47. The van der Waals surface area contributed by atoms with Crippen LogP contribution in [0.25, 0.3) is 11.1 Å². The van der Waals surface area contributed by atoms with Crippen LogP contribution in [0.3, 0.4) is 0 Å². The largest absolute Gasteiger partial charge is 0.493 e. The number of methoxy groups -OCH3 is 2. The van der Waals surface area contributed by atoms with Crippen molar-refractivity contribution in [2.24, 2.45) is 0 Å². The summed E-state index contributed by atoms with van der Waals surface area (Å²) in [6.07, 6.45) is 0.915. The standard InChI is InChI=1S/C36H32Cl2N2O6S2/c1-45-35-21-28-19-20-39(24-29(28)22-36(35)46-2)23-25-3-5-26(6-4-25)27-7-13-32(14-8-27)40(47(41,42)33-15-9-30(37)10-16-33)48(43,44)34-17-11-31(38)12-18-34/h3-18,21-22H,19-20,23-24H2,1-2H3. The van der Waals surface area contributed by atoms with Gasteiger partial charge < -0.3 is 9.47 Å². The molecule has 1 heterocycles. The summed E-state index contributed by atoms with van der Waals surface area (Å²) < 4.78 is 66.9. The first-order valence-corrected chi connectivity index (χ1v) is 18.6. The molecular formula is C36H32Cl2N2O6S2. The van der Waals surface area contributed by atoms with Crippen LogP contribution in [0.15, 0.2) is 119 Å². The molecule has 8 nitrogen and oxygen atoms in total. The molecule has 0 bridgehead atoms. The van der Waals surface area contributed by atoms with Crippen LogP contribution >= 0.6 is 23.2 Å². The second-order valence-electron chi connectivity index (χ2n) is 11.3. The highest BCUT2D eigenvalue weighted by molar-refractivity contribution is 8.10. The Balaban J connectivity index is 1.24. The third-order valence-electron chi connectivity index (χ3n) is 8.23. The van der Waals surface area contributed by atoms with Gasteiger partial charge in [0.05, 0.1) is 29.7 Å². The van der Waals surface area contributed by atoms with Gasteiger partial charge in [-0.05, 0) is 107 Å². The van der Waals surface area contributed by atoms with Gasteiger partial charge in [0.25, 0.3) is 20.0 Å². The van der Waals surface area contributed by atoms with Crippen molar-refractivity contribution in [1.29, 1.82) is 0 Å². The molecule has 5 aromatic carbocycles. The van der Waals surface area contributed by atoms with Crippen LogP contribution in [-0.2, 0) is 39.6 Å². The van der Waals surface area contributed by atoms with Crippen molar-refractivity contribution in [2.45, 2.75) is 29.3 Å². The van der Waals surface area contributed by atoms with Gasteiger partial charge in [-0.3, -0.25) is 4.90 Å². The lowest BCUT2D eigenvalue weighted by atomic mass is 9.98. The zero-order valence-corrected chi connectivity index (χ0v) is 29.3. The SMILES string of the molecule is COc1cc2c(cc1OC)CN(Cc1ccc(-c3ccc(N(S(=O)(=O)c4ccc(Cl)cc4)S(=O)(=O)c4ccc(Cl)cc4)cc3)cc1)CC2. The maximum atomic E-state index is 13.9. The molecule has 0 spiro atoms.